The molecule has 9 nitrogen and oxygen atoms in total. The molecule has 4 heterocycles. The molecule has 0 unspecified atom stereocenters. The van der Waals surface area contributed by atoms with Gasteiger partial charge in [0, 0.05) is 58.6 Å². The van der Waals surface area contributed by atoms with Crippen molar-refractivity contribution in [3.8, 4) is 0 Å². The van der Waals surface area contributed by atoms with Crippen LogP contribution >= 0.6 is 0 Å². The highest BCUT2D eigenvalue weighted by molar-refractivity contribution is 7.89. The second-order valence-electron chi connectivity index (χ2n) is 7.97. The normalized spacial score (nSPS) is 21.6. The Morgan fingerprint density at radius 3 is 1.97 bits per heavy atom. The molecule has 0 saturated carbocycles. The van der Waals surface area contributed by atoms with Gasteiger partial charge in [0.2, 0.25) is 10.0 Å². The first-order valence-corrected chi connectivity index (χ1v) is 11.9. The maximum Gasteiger partial charge on any atom is 0.320 e. The quantitative estimate of drug-likeness (QED) is 0.789. The number of nitrogens with one attached hydrogen (secondary N) is 1. The first-order valence-electron chi connectivity index (χ1n) is 10.5. The summed E-state index contributed by atoms with van der Waals surface area (Å²) in [5.74, 6) is -0.224. The monoisotopic (exact) mass is 423 g/mol. The lowest BCUT2D eigenvalue weighted by molar-refractivity contribution is 0.0628. The van der Waals surface area contributed by atoms with E-state index in [1.807, 2.05) is 9.80 Å². The van der Waals surface area contributed by atoms with Crippen LogP contribution in [-0.2, 0) is 10.0 Å². The minimum Gasteiger partial charge on any atom is -0.356 e. The van der Waals surface area contributed by atoms with Gasteiger partial charge in [-0.15, -0.1) is 0 Å². The molecule has 10 heteroatoms. The fourth-order valence-electron chi connectivity index (χ4n) is 4.28. The summed E-state index contributed by atoms with van der Waals surface area (Å²) in [5, 5.41) is 0. The van der Waals surface area contributed by atoms with Gasteiger partial charge in [0.05, 0.1) is 0 Å². The average molecular weight is 424 g/mol. The molecule has 1 aromatic rings. The third-order valence-corrected chi connectivity index (χ3v) is 7.93. The number of piperazine rings is 1. The van der Waals surface area contributed by atoms with E-state index in [0.29, 0.717) is 39.3 Å². The van der Waals surface area contributed by atoms with Crippen molar-refractivity contribution in [1.29, 1.82) is 0 Å². The lowest BCUT2D eigenvalue weighted by Gasteiger charge is -2.38. The van der Waals surface area contributed by atoms with E-state index in [4.69, 9.17) is 0 Å². The Labute approximate surface area is 171 Å². The fraction of sp³-hybridized carbons (Fsp3) is 0.684. The second kappa shape index (κ2) is 8.35. The Balaban J connectivity index is 1.35. The Bertz CT molecular complexity index is 848. The highest BCUT2D eigenvalue weighted by Crippen LogP contribution is 2.22. The van der Waals surface area contributed by atoms with Crippen LogP contribution in [-0.4, -0.2) is 96.7 Å². The number of hydrogen-bond donors (Lipinski definition) is 1. The second-order valence-corrected chi connectivity index (χ2v) is 9.91. The zero-order chi connectivity index (χ0) is 20.4. The van der Waals surface area contributed by atoms with E-state index in [0.717, 1.165) is 38.8 Å². The van der Waals surface area contributed by atoms with Gasteiger partial charge in [0.15, 0.2) is 0 Å². The van der Waals surface area contributed by atoms with Gasteiger partial charge in [0.1, 0.15) is 10.6 Å². The lowest BCUT2D eigenvalue weighted by atomic mass is 10.1. The molecule has 29 heavy (non-hydrogen) atoms. The van der Waals surface area contributed by atoms with Crippen LogP contribution in [0.15, 0.2) is 17.2 Å². The molecule has 1 N–H and O–H groups in total. The molecule has 0 aromatic carbocycles. The van der Waals surface area contributed by atoms with Crippen molar-refractivity contribution < 1.29 is 18.0 Å². The van der Waals surface area contributed by atoms with Crippen molar-refractivity contribution >= 4 is 22.0 Å². The van der Waals surface area contributed by atoms with E-state index in [1.54, 1.807) is 4.90 Å². The van der Waals surface area contributed by atoms with Gasteiger partial charge in [0.25, 0.3) is 5.91 Å². The number of aromatic nitrogens is 1. The Morgan fingerprint density at radius 2 is 1.31 bits per heavy atom. The molecule has 0 atom stereocenters. The molecule has 3 aliphatic rings. The van der Waals surface area contributed by atoms with Gasteiger partial charge < -0.3 is 19.7 Å². The molecular weight excluding hydrogens is 394 g/mol. The summed E-state index contributed by atoms with van der Waals surface area (Å²) in [7, 11) is -3.54. The summed E-state index contributed by atoms with van der Waals surface area (Å²) in [6.07, 6.45) is 6.43. The smallest absolute Gasteiger partial charge is 0.320 e. The number of H-pyrrole nitrogens is 1. The third kappa shape index (κ3) is 4.13. The highest BCUT2D eigenvalue weighted by Gasteiger charge is 2.31. The number of sulfonamides is 1. The standard InChI is InChI=1S/C19H29N5O4S/c25-18(17-14-16(15-20-17)29(27,28)24-8-4-5-9-24)21-10-12-23(13-11-21)19(26)22-6-2-1-3-7-22/h14-15,20H,1-13H2. The molecule has 3 amide bonds. The number of hydrogen-bond acceptors (Lipinski definition) is 4. The zero-order valence-electron chi connectivity index (χ0n) is 16.7. The Morgan fingerprint density at radius 1 is 0.759 bits per heavy atom. The number of urea groups is 1. The van der Waals surface area contributed by atoms with Crippen molar-refractivity contribution in [2.75, 3.05) is 52.4 Å². The summed E-state index contributed by atoms with van der Waals surface area (Å²) < 4.78 is 26.8. The van der Waals surface area contributed by atoms with Crippen molar-refractivity contribution in [1.82, 2.24) is 24.0 Å². The molecule has 3 fully saturated rings. The average Bonchev–Trinajstić information content (AvgIpc) is 3.46. The molecule has 0 aliphatic carbocycles. The third-order valence-electron chi connectivity index (χ3n) is 6.05. The summed E-state index contributed by atoms with van der Waals surface area (Å²) in [4.78, 5) is 33.8. The number of aromatic amines is 1. The largest absolute Gasteiger partial charge is 0.356 e. The molecule has 0 bridgehead atoms. The molecular formula is C19H29N5O4S. The van der Waals surface area contributed by atoms with Crippen LogP contribution in [0.1, 0.15) is 42.6 Å². The van der Waals surface area contributed by atoms with Crippen LogP contribution in [0.3, 0.4) is 0 Å². The summed E-state index contributed by atoms with van der Waals surface area (Å²) in [5.41, 5.74) is 0.276. The molecule has 0 spiro atoms. The van der Waals surface area contributed by atoms with Crippen molar-refractivity contribution in [3.63, 3.8) is 0 Å². The van der Waals surface area contributed by atoms with Gasteiger partial charge >= 0.3 is 6.03 Å². The van der Waals surface area contributed by atoms with Crippen LogP contribution in [0.25, 0.3) is 0 Å². The van der Waals surface area contributed by atoms with E-state index in [1.165, 1.54) is 23.0 Å². The van der Waals surface area contributed by atoms with Gasteiger partial charge in [-0.2, -0.15) is 4.31 Å². The van der Waals surface area contributed by atoms with Crippen molar-refractivity contribution in [2.24, 2.45) is 0 Å². The number of nitrogens with zero attached hydrogens (tertiary/aromatic N) is 4. The number of amides is 3. The maximum atomic E-state index is 12.8. The first kappa shape index (κ1) is 20.2. The molecule has 3 saturated heterocycles. The van der Waals surface area contributed by atoms with Crippen LogP contribution in [0.4, 0.5) is 4.79 Å². The van der Waals surface area contributed by atoms with Crippen molar-refractivity contribution in [2.45, 2.75) is 37.0 Å². The Hall–Kier alpha value is -2.07. The molecule has 0 radical (unpaired) electrons. The Kier molecular flexibility index (Phi) is 5.82. The molecule has 160 valence electrons. The van der Waals surface area contributed by atoms with E-state index >= 15 is 0 Å². The van der Waals surface area contributed by atoms with E-state index < -0.39 is 10.0 Å². The van der Waals surface area contributed by atoms with Gasteiger partial charge in [-0.05, 0) is 38.2 Å². The predicted octanol–water partition coefficient (Wildman–Crippen LogP) is 1.16. The minimum absolute atomic E-state index is 0.0654. The van der Waals surface area contributed by atoms with Crippen molar-refractivity contribution in [3.05, 3.63) is 18.0 Å². The van der Waals surface area contributed by atoms with E-state index in [9.17, 15) is 18.0 Å². The summed E-state index contributed by atoms with van der Waals surface area (Å²) in [6, 6.07) is 1.50. The predicted molar refractivity (Wildman–Crippen MR) is 107 cm³/mol. The SMILES string of the molecule is O=C(c1cc(S(=O)(=O)N2CCCC2)c[nH]1)N1CCN(C(=O)N2CCCCC2)CC1. The summed E-state index contributed by atoms with van der Waals surface area (Å²) in [6.45, 7) is 4.59. The number of likely N-dealkylation sites (tertiary alicyclic amines) is 1. The van der Waals surface area contributed by atoms with E-state index in [-0.39, 0.29) is 22.5 Å². The topological polar surface area (TPSA) is 97.0 Å². The minimum atomic E-state index is -3.54. The number of piperidine rings is 1. The first-order chi connectivity index (χ1) is 14.0. The van der Waals surface area contributed by atoms with Gasteiger partial charge in [-0.3, -0.25) is 4.79 Å². The van der Waals surface area contributed by atoms with Crippen LogP contribution in [0.5, 0.6) is 0 Å². The van der Waals surface area contributed by atoms with Gasteiger partial charge in [-0.25, -0.2) is 13.2 Å². The number of rotatable bonds is 3. The van der Waals surface area contributed by atoms with Crippen LogP contribution < -0.4 is 0 Å². The van der Waals surface area contributed by atoms with Gasteiger partial charge in [-0.1, -0.05) is 0 Å². The van der Waals surface area contributed by atoms with Crippen LogP contribution in [0, 0.1) is 0 Å². The van der Waals surface area contributed by atoms with Crippen LogP contribution in [0.2, 0.25) is 0 Å². The zero-order valence-corrected chi connectivity index (χ0v) is 17.5. The highest BCUT2D eigenvalue weighted by atomic mass is 32.2. The number of carbonyl (C=O) groups excluding carboxylic acids is 2. The number of carbonyl (C=O) groups is 2. The lowest BCUT2D eigenvalue weighted by Crippen LogP contribution is -2.54. The summed E-state index contributed by atoms with van der Waals surface area (Å²) >= 11 is 0. The fourth-order valence-corrected chi connectivity index (χ4v) is 5.79. The van der Waals surface area contributed by atoms with E-state index in [2.05, 4.69) is 4.98 Å². The molecule has 3 aliphatic heterocycles. The molecule has 1 aromatic heterocycles. The maximum absolute atomic E-state index is 12.8. The molecule has 4 rings (SSSR count).